The number of nitrogens with zero attached hydrogens (tertiary/aromatic N) is 1. The van der Waals surface area contributed by atoms with Crippen LogP contribution in [0, 0.1) is 12.7 Å². The van der Waals surface area contributed by atoms with Crippen molar-refractivity contribution in [3.63, 3.8) is 0 Å². The van der Waals surface area contributed by atoms with Gasteiger partial charge in [0.1, 0.15) is 5.82 Å². The average molecular weight is 315 g/mol. The lowest BCUT2D eigenvalue weighted by molar-refractivity contribution is -0.121. The fourth-order valence-electron chi connectivity index (χ4n) is 2.34. The van der Waals surface area contributed by atoms with Crippen molar-refractivity contribution in [2.45, 2.75) is 23.5 Å². The number of benzene rings is 2. The summed E-state index contributed by atoms with van der Waals surface area (Å²) in [6, 6.07) is 13.2. The standard InChI is InChI=1S/C17H14FNO2S/c1-11-2-6-13(7-3-11)19-16(20)10-15(17(19)21)22-14-8-4-12(18)5-9-14/h2-9,15H,10H2,1H3. The second-order valence-corrected chi connectivity index (χ2v) is 6.44. The molecule has 2 aromatic rings. The van der Waals surface area contributed by atoms with Crippen LogP contribution in [0.25, 0.3) is 0 Å². The van der Waals surface area contributed by atoms with E-state index in [1.807, 2.05) is 19.1 Å². The van der Waals surface area contributed by atoms with Gasteiger partial charge >= 0.3 is 0 Å². The molecule has 0 N–H and O–H groups in total. The minimum atomic E-state index is -0.459. The van der Waals surface area contributed by atoms with Crippen LogP contribution in [0.2, 0.25) is 0 Å². The van der Waals surface area contributed by atoms with Gasteiger partial charge in [-0.25, -0.2) is 9.29 Å². The summed E-state index contributed by atoms with van der Waals surface area (Å²) in [5.41, 5.74) is 1.67. The number of carbonyl (C=O) groups excluding carboxylic acids is 2. The Morgan fingerprint density at radius 1 is 1.05 bits per heavy atom. The molecule has 0 spiro atoms. The summed E-state index contributed by atoms with van der Waals surface area (Å²) in [7, 11) is 0. The average Bonchev–Trinajstić information content (AvgIpc) is 2.77. The van der Waals surface area contributed by atoms with Crippen molar-refractivity contribution in [1.29, 1.82) is 0 Å². The number of thioether (sulfide) groups is 1. The molecule has 1 aliphatic heterocycles. The molecule has 1 fully saturated rings. The molecule has 5 heteroatoms. The maximum Gasteiger partial charge on any atom is 0.247 e. The van der Waals surface area contributed by atoms with Crippen LogP contribution >= 0.6 is 11.8 Å². The summed E-state index contributed by atoms with van der Waals surface area (Å²) in [4.78, 5) is 26.7. The largest absolute Gasteiger partial charge is 0.274 e. The highest BCUT2D eigenvalue weighted by molar-refractivity contribution is 8.00. The van der Waals surface area contributed by atoms with Gasteiger partial charge in [0.25, 0.3) is 0 Å². The lowest BCUT2D eigenvalue weighted by Crippen LogP contribution is -2.31. The molecule has 1 heterocycles. The summed E-state index contributed by atoms with van der Waals surface area (Å²) in [5, 5.41) is -0.459. The Morgan fingerprint density at radius 3 is 2.32 bits per heavy atom. The van der Waals surface area contributed by atoms with E-state index in [1.54, 1.807) is 24.3 Å². The zero-order chi connectivity index (χ0) is 15.7. The highest BCUT2D eigenvalue weighted by Crippen LogP contribution is 2.33. The van der Waals surface area contributed by atoms with E-state index < -0.39 is 5.25 Å². The first-order valence-electron chi connectivity index (χ1n) is 6.90. The van der Waals surface area contributed by atoms with Crippen LogP contribution in [0.4, 0.5) is 10.1 Å². The van der Waals surface area contributed by atoms with E-state index in [0.29, 0.717) is 5.69 Å². The molecule has 0 aromatic heterocycles. The fourth-order valence-corrected chi connectivity index (χ4v) is 3.39. The number of hydrogen-bond donors (Lipinski definition) is 0. The predicted octanol–water partition coefficient (Wildman–Crippen LogP) is 3.56. The first-order valence-corrected chi connectivity index (χ1v) is 7.78. The molecule has 0 radical (unpaired) electrons. The Labute approximate surface area is 132 Å². The van der Waals surface area contributed by atoms with Crippen molar-refractivity contribution < 1.29 is 14.0 Å². The Bertz CT molecular complexity index is 712. The minimum absolute atomic E-state index is 0.161. The van der Waals surface area contributed by atoms with Gasteiger partial charge in [0.05, 0.1) is 10.9 Å². The highest BCUT2D eigenvalue weighted by Gasteiger charge is 2.40. The molecule has 0 aliphatic carbocycles. The molecule has 2 aromatic carbocycles. The molecule has 1 saturated heterocycles. The molecule has 0 saturated carbocycles. The molecule has 1 atom stereocenters. The number of halogens is 1. The molecule has 3 rings (SSSR count). The zero-order valence-electron chi connectivity index (χ0n) is 12.0. The van der Waals surface area contributed by atoms with Crippen molar-refractivity contribution >= 4 is 29.3 Å². The normalized spacial score (nSPS) is 18.1. The molecular formula is C17H14FNO2S. The molecule has 1 aliphatic rings. The van der Waals surface area contributed by atoms with E-state index in [-0.39, 0.29) is 24.1 Å². The minimum Gasteiger partial charge on any atom is -0.274 e. The van der Waals surface area contributed by atoms with Gasteiger partial charge in [-0.3, -0.25) is 9.59 Å². The lowest BCUT2D eigenvalue weighted by atomic mass is 10.2. The van der Waals surface area contributed by atoms with E-state index in [2.05, 4.69) is 0 Å². The van der Waals surface area contributed by atoms with Crippen LogP contribution in [0.1, 0.15) is 12.0 Å². The Balaban J connectivity index is 1.79. The number of carbonyl (C=O) groups is 2. The smallest absolute Gasteiger partial charge is 0.247 e. The van der Waals surface area contributed by atoms with Crippen molar-refractivity contribution in [2.75, 3.05) is 4.90 Å². The zero-order valence-corrected chi connectivity index (χ0v) is 12.8. The molecule has 112 valence electrons. The summed E-state index contributed by atoms with van der Waals surface area (Å²) in [6.07, 6.45) is 0.161. The molecule has 22 heavy (non-hydrogen) atoms. The van der Waals surface area contributed by atoms with Crippen LogP contribution in [0.15, 0.2) is 53.4 Å². The van der Waals surface area contributed by atoms with Gasteiger partial charge < -0.3 is 0 Å². The fraction of sp³-hybridized carbons (Fsp3) is 0.176. The van der Waals surface area contributed by atoms with Gasteiger partial charge in [-0.1, -0.05) is 17.7 Å². The van der Waals surface area contributed by atoms with Crippen molar-refractivity contribution in [3.8, 4) is 0 Å². The topological polar surface area (TPSA) is 37.4 Å². The number of hydrogen-bond acceptors (Lipinski definition) is 3. The van der Waals surface area contributed by atoms with Crippen molar-refractivity contribution in [1.82, 2.24) is 0 Å². The Kier molecular flexibility index (Phi) is 3.98. The number of anilines is 1. The predicted molar refractivity (Wildman–Crippen MR) is 84.3 cm³/mol. The van der Waals surface area contributed by atoms with E-state index >= 15 is 0 Å². The second-order valence-electron chi connectivity index (χ2n) is 5.17. The summed E-state index contributed by atoms with van der Waals surface area (Å²) in [6.45, 7) is 1.95. The van der Waals surface area contributed by atoms with Crippen LogP contribution in [0.3, 0.4) is 0 Å². The number of rotatable bonds is 3. The van der Waals surface area contributed by atoms with Crippen LogP contribution in [-0.2, 0) is 9.59 Å². The van der Waals surface area contributed by atoms with Crippen LogP contribution < -0.4 is 4.90 Å². The van der Waals surface area contributed by atoms with Crippen molar-refractivity contribution in [3.05, 3.63) is 59.9 Å². The summed E-state index contributed by atoms with van der Waals surface area (Å²) < 4.78 is 12.9. The van der Waals surface area contributed by atoms with Crippen LogP contribution in [0.5, 0.6) is 0 Å². The molecule has 0 bridgehead atoms. The number of aryl methyl sites for hydroxylation is 1. The third-order valence-corrected chi connectivity index (χ3v) is 4.69. The number of imide groups is 1. The first-order chi connectivity index (χ1) is 10.5. The third-order valence-electron chi connectivity index (χ3n) is 3.49. The number of amides is 2. The third kappa shape index (κ3) is 2.90. The maximum absolute atomic E-state index is 12.9. The van der Waals surface area contributed by atoms with E-state index in [9.17, 15) is 14.0 Å². The Hall–Kier alpha value is -2.14. The second kappa shape index (κ2) is 5.93. The summed E-state index contributed by atoms with van der Waals surface area (Å²) >= 11 is 1.29. The van der Waals surface area contributed by atoms with E-state index in [1.165, 1.54) is 28.8 Å². The van der Waals surface area contributed by atoms with Crippen molar-refractivity contribution in [2.24, 2.45) is 0 Å². The van der Waals surface area contributed by atoms with Gasteiger partial charge in [0, 0.05) is 11.3 Å². The first kappa shape index (κ1) is 14.8. The van der Waals surface area contributed by atoms with E-state index in [0.717, 1.165) is 10.5 Å². The molecule has 1 unspecified atom stereocenters. The van der Waals surface area contributed by atoms with Gasteiger partial charge in [0.2, 0.25) is 11.8 Å². The van der Waals surface area contributed by atoms with Gasteiger partial charge in [-0.15, -0.1) is 11.8 Å². The molecule has 3 nitrogen and oxygen atoms in total. The van der Waals surface area contributed by atoms with Gasteiger partial charge in [-0.05, 0) is 43.3 Å². The van der Waals surface area contributed by atoms with Gasteiger partial charge in [0.15, 0.2) is 0 Å². The lowest BCUT2D eigenvalue weighted by Gasteiger charge is -2.15. The molecular weight excluding hydrogens is 301 g/mol. The van der Waals surface area contributed by atoms with Crippen LogP contribution in [-0.4, -0.2) is 17.1 Å². The quantitative estimate of drug-likeness (QED) is 0.813. The summed E-state index contributed by atoms with van der Waals surface area (Å²) in [5.74, 6) is -0.740. The molecule has 2 amide bonds. The maximum atomic E-state index is 12.9. The highest BCUT2D eigenvalue weighted by atomic mass is 32.2. The van der Waals surface area contributed by atoms with Gasteiger partial charge in [-0.2, -0.15) is 0 Å². The SMILES string of the molecule is Cc1ccc(N2C(=O)CC(Sc3ccc(F)cc3)C2=O)cc1. The Morgan fingerprint density at radius 2 is 1.68 bits per heavy atom. The monoisotopic (exact) mass is 315 g/mol. The van der Waals surface area contributed by atoms with E-state index in [4.69, 9.17) is 0 Å².